The summed E-state index contributed by atoms with van der Waals surface area (Å²) in [5.41, 5.74) is 0.444. The van der Waals surface area contributed by atoms with Crippen LogP contribution in [0, 0.1) is 0 Å². The van der Waals surface area contributed by atoms with Gasteiger partial charge >= 0.3 is 0 Å². The lowest BCUT2D eigenvalue weighted by atomic mass is 10.1. The van der Waals surface area contributed by atoms with E-state index in [4.69, 9.17) is 4.55 Å². The Kier molecular flexibility index (Phi) is 3.37. The number of hydrogen-bond donors (Lipinski definition) is 1. The summed E-state index contributed by atoms with van der Waals surface area (Å²) < 4.78 is 31.7. The average molecular weight is 188 g/mol. The molecule has 2 unspecified atom stereocenters. The highest BCUT2D eigenvalue weighted by molar-refractivity contribution is 7.79. The number of hydrogen-bond acceptors (Lipinski definition) is 1. The fraction of sp³-hybridized carbons (Fsp3) is 0.250. The van der Waals surface area contributed by atoms with E-state index in [0.29, 0.717) is 5.56 Å². The standard InChI is InChI=1S/C8H9FO2S/c9-8(6-12(10)11)7-4-2-1-3-5-7/h1-5,8H,6H2,(H,10,11). The minimum atomic E-state index is -2.07. The first-order valence-electron chi connectivity index (χ1n) is 3.46. The molecule has 2 atom stereocenters. The van der Waals surface area contributed by atoms with E-state index in [1.807, 2.05) is 0 Å². The van der Waals surface area contributed by atoms with E-state index >= 15 is 0 Å². The SMILES string of the molecule is O=S(O)CC(F)c1ccccc1. The second kappa shape index (κ2) is 4.33. The zero-order chi connectivity index (χ0) is 8.97. The van der Waals surface area contributed by atoms with Crippen molar-refractivity contribution in [2.75, 3.05) is 5.75 Å². The molecule has 0 saturated heterocycles. The van der Waals surface area contributed by atoms with Gasteiger partial charge in [-0.15, -0.1) is 0 Å². The summed E-state index contributed by atoms with van der Waals surface area (Å²) in [6.45, 7) is 0. The van der Waals surface area contributed by atoms with E-state index in [1.54, 1.807) is 30.3 Å². The van der Waals surface area contributed by atoms with Crippen molar-refractivity contribution in [2.24, 2.45) is 0 Å². The van der Waals surface area contributed by atoms with Crippen molar-refractivity contribution < 1.29 is 13.2 Å². The first kappa shape index (κ1) is 9.35. The minimum absolute atomic E-state index is 0.357. The number of rotatable bonds is 3. The Morgan fingerprint density at radius 1 is 1.42 bits per heavy atom. The fourth-order valence-corrected chi connectivity index (χ4v) is 1.33. The van der Waals surface area contributed by atoms with E-state index in [9.17, 15) is 8.60 Å². The number of alkyl halides is 1. The summed E-state index contributed by atoms with van der Waals surface area (Å²) in [6, 6.07) is 8.35. The third-order valence-corrected chi connectivity index (χ3v) is 2.03. The van der Waals surface area contributed by atoms with E-state index in [0.717, 1.165) is 0 Å². The summed E-state index contributed by atoms with van der Waals surface area (Å²) in [5, 5.41) is 0. The number of benzene rings is 1. The molecule has 0 fully saturated rings. The van der Waals surface area contributed by atoms with Gasteiger partial charge in [-0.3, -0.25) is 0 Å². The summed E-state index contributed by atoms with van der Waals surface area (Å²) in [5.74, 6) is -0.357. The molecule has 0 aromatic heterocycles. The zero-order valence-corrected chi connectivity index (χ0v) is 7.13. The molecule has 0 amide bonds. The van der Waals surface area contributed by atoms with Crippen LogP contribution in [0.1, 0.15) is 11.7 Å². The van der Waals surface area contributed by atoms with Crippen LogP contribution in [0.15, 0.2) is 30.3 Å². The Bertz CT molecular complexity index is 263. The van der Waals surface area contributed by atoms with Crippen LogP contribution < -0.4 is 0 Å². The lowest BCUT2D eigenvalue weighted by molar-refractivity contribution is 0.372. The Balaban J connectivity index is 2.65. The minimum Gasteiger partial charge on any atom is -0.306 e. The van der Waals surface area contributed by atoms with Crippen LogP contribution in [0.4, 0.5) is 4.39 Å². The summed E-state index contributed by atoms with van der Waals surface area (Å²) in [4.78, 5) is 0. The third kappa shape index (κ3) is 2.71. The van der Waals surface area contributed by atoms with Crippen LogP contribution in [-0.2, 0) is 11.1 Å². The maximum Gasteiger partial charge on any atom is 0.156 e. The van der Waals surface area contributed by atoms with Crippen molar-refractivity contribution in [3.05, 3.63) is 35.9 Å². The molecule has 0 radical (unpaired) electrons. The predicted molar refractivity (Wildman–Crippen MR) is 45.9 cm³/mol. The van der Waals surface area contributed by atoms with Crippen molar-refractivity contribution in [2.45, 2.75) is 6.17 Å². The molecule has 0 aliphatic carbocycles. The van der Waals surface area contributed by atoms with Crippen molar-refractivity contribution >= 4 is 11.1 Å². The third-order valence-electron chi connectivity index (χ3n) is 1.45. The van der Waals surface area contributed by atoms with Crippen molar-refractivity contribution in [3.8, 4) is 0 Å². The van der Waals surface area contributed by atoms with Gasteiger partial charge in [0.15, 0.2) is 11.1 Å². The maximum absolute atomic E-state index is 13.0. The van der Waals surface area contributed by atoms with Gasteiger partial charge in [0.25, 0.3) is 0 Å². The van der Waals surface area contributed by atoms with E-state index in [1.165, 1.54) is 0 Å². The van der Waals surface area contributed by atoms with E-state index in [-0.39, 0.29) is 5.75 Å². The van der Waals surface area contributed by atoms with Gasteiger partial charge in [0.05, 0.1) is 5.75 Å². The second-order valence-corrected chi connectivity index (χ2v) is 3.34. The molecule has 1 aromatic carbocycles. The lowest BCUT2D eigenvalue weighted by Gasteiger charge is -2.04. The van der Waals surface area contributed by atoms with Gasteiger partial charge in [0.1, 0.15) is 6.17 Å². The molecule has 0 aliphatic rings. The molecule has 0 heterocycles. The van der Waals surface area contributed by atoms with E-state index < -0.39 is 17.3 Å². The summed E-state index contributed by atoms with van der Waals surface area (Å²) in [7, 11) is 0. The Labute approximate surface area is 72.7 Å². The first-order valence-corrected chi connectivity index (χ1v) is 4.74. The van der Waals surface area contributed by atoms with Crippen LogP contribution >= 0.6 is 0 Å². The molecule has 4 heteroatoms. The highest BCUT2D eigenvalue weighted by atomic mass is 32.2. The Morgan fingerprint density at radius 2 is 2.00 bits per heavy atom. The van der Waals surface area contributed by atoms with Gasteiger partial charge in [-0.1, -0.05) is 30.3 Å². The average Bonchev–Trinajstić information content (AvgIpc) is 2.05. The summed E-state index contributed by atoms with van der Waals surface area (Å²) >= 11 is -2.07. The van der Waals surface area contributed by atoms with Crippen molar-refractivity contribution in [3.63, 3.8) is 0 Å². The highest BCUT2D eigenvalue weighted by Gasteiger charge is 2.11. The van der Waals surface area contributed by atoms with Crippen LogP contribution in [0.3, 0.4) is 0 Å². The van der Waals surface area contributed by atoms with Gasteiger partial charge in [0.2, 0.25) is 0 Å². The van der Waals surface area contributed by atoms with Gasteiger partial charge in [0, 0.05) is 0 Å². The maximum atomic E-state index is 13.0. The molecular formula is C8H9FO2S. The van der Waals surface area contributed by atoms with Crippen LogP contribution in [-0.4, -0.2) is 14.5 Å². The van der Waals surface area contributed by atoms with Crippen LogP contribution in [0.5, 0.6) is 0 Å². The molecule has 1 rings (SSSR count). The first-order chi connectivity index (χ1) is 5.70. The molecule has 12 heavy (non-hydrogen) atoms. The van der Waals surface area contributed by atoms with Gasteiger partial charge in [-0.2, -0.15) is 0 Å². The molecular weight excluding hydrogens is 179 g/mol. The Hall–Kier alpha value is -0.740. The zero-order valence-electron chi connectivity index (χ0n) is 6.31. The molecule has 0 aliphatic heterocycles. The topological polar surface area (TPSA) is 37.3 Å². The molecule has 66 valence electrons. The summed E-state index contributed by atoms with van der Waals surface area (Å²) in [6.07, 6.45) is -1.35. The fourth-order valence-electron chi connectivity index (χ4n) is 0.883. The van der Waals surface area contributed by atoms with Crippen LogP contribution in [0.2, 0.25) is 0 Å². The van der Waals surface area contributed by atoms with Gasteiger partial charge in [-0.05, 0) is 5.56 Å². The molecule has 0 bridgehead atoms. The smallest absolute Gasteiger partial charge is 0.156 e. The molecule has 1 N–H and O–H groups in total. The second-order valence-electron chi connectivity index (χ2n) is 2.37. The quantitative estimate of drug-likeness (QED) is 0.736. The normalized spacial score (nSPS) is 15.5. The molecule has 0 saturated carbocycles. The molecule has 0 spiro atoms. The Morgan fingerprint density at radius 3 is 2.50 bits per heavy atom. The molecule has 1 aromatic rings. The van der Waals surface area contributed by atoms with Gasteiger partial charge < -0.3 is 4.55 Å². The van der Waals surface area contributed by atoms with Crippen LogP contribution in [0.25, 0.3) is 0 Å². The predicted octanol–water partition coefficient (Wildman–Crippen LogP) is 1.92. The van der Waals surface area contributed by atoms with Gasteiger partial charge in [-0.25, -0.2) is 8.60 Å². The van der Waals surface area contributed by atoms with E-state index in [2.05, 4.69) is 0 Å². The molecule has 2 nitrogen and oxygen atoms in total. The largest absolute Gasteiger partial charge is 0.306 e. The lowest BCUT2D eigenvalue weighted by Crippen LogP contribution is -2.03. The highest BCUT2D eigenvalue weighted by Crippen LogP contribution is 2.16. The number of halogens is 1. The van der Waals surface area contributed by atoms with Crippen molar-refractivity contribution in [1.29, 1.82) is 0 Å². The monoisotopic (exact) mass is 188 g/mol. The van der Waals surface area contributed by atoms with Crippen molar-refractivity contribution in [1.82, 2.24) is 0 Å².